The Kier molecular flexibility index (Phi) is 6.28. The zero-order valence-electron chi connectivity index (χ0n) is 22.6. The van der Waals surface area contributed by atoms with Gasteiger partial charge in [0.1, 0.15) is 0 Å². The van der Waals surface area contributed by atoms with Gasteiger partial charge in [-0.3, -0.25) is 0 Å². The molecule has 0 heterocycles. The Morgan fingerprint density at radius 3 is 2.21 bits per heavy atom. The second-order valence-electron chi connectivity index (χ2n) is 14.4. The lowest BCUT2D eigenvalue weighted by Gasteiger charge is -2.70. The van der Waals surface area contributed by atoms with Gasteiger partial charge in [0.05, 0.1) is 17.8 Å². The molecule has 3 N–H and O–H groups in total. The molecular formula is C30H52O3. The quantitative estimate of drug-likeness (QED) is 0.410. The molecule has 4 fully saturated rings. The van der Waals surface area contributed by atoms with E-state index in [4.69, 9.17) is 0 Å². The Balaban J connectivity index is 1.59. The third-order valence-corrected chi connectivity index (χ3v) is 12.7. The van der Waals surface area contributed by atoms with E-state index in [1.165, 1.54) is 32.1 Å². The van der Waals surface area contributed by atoms with Gasteiger partial charge in [0, 0.05) is 0 Å². The molecule has 3 nitrogen and oxygen atoms in total. The van der Waals surface area contributed by atoms with Gasteiger partial charge in [-0.15, -0.1) is 0 Å². The first-order chi connectivity index (χ1) is 15.1. The Bertz CT molecular complexity index is 771. The summed E-state index contributed by atoms with van der Waals surface area (Å²) in [5.74, 6) is 2.16. The van der Waals surface area contributed by atoms with Gasteiger partial charge in [-0.05, 0) is 123 Å². The van der Waals surface area contributed by atoms with Crippen molar-refractivity contribution >= 4 is 0 Å². The highest BCUT2D eigenvalue weighted by Gasteiger charge is 2.69. The summed E-state index contributed by atoms with van der Waals surface area (Å²) in [6.45, 7) is 20.2. The SMILES string of the molecule is C=C(C)[C@@H](O)CC[C@](C)(O)[C@H]1CC[C@]2(C)[C@@H]1CC[C@@H]1[C@@]3(C)CC[C@@H](O)C(C)(C)[C@@H]3CC[C@]12C. The summed E-state index contributed by atoms with van der Waals surface area (Å²) in [4.78, 5) is 0. The molecule has 4 saturated carbocycles. The summed E-state index contributed by atoms with van der Waals surface area (Å²) >= 11 is 0. The van der Waals surface area contributed by atoms with Crippen molar-refractivity contribution in [3.8, 4) is 0 Å². The predicted molar refractivity (Wildman–Crippen MR) is 136 cm³/mol. The number of fused-ring (bicyclic) bond motifs is 5. The first kappa shape index (κ1) is 25.7. The number of aliphatic hydroxyl groups is 3. The van der Waals surface area contributed by atoms with Gasteiger partial charge < -0.3 is 15.3 Å². The highest BCUT2D eigenvalue weighted by atomic mass is 16.3. The van der Waals surface area contributed by atoms with Gasteiger partial charge >= 0.3 is 0 Å². The van der Waals surface area contributed by atoms with E-state index in [2.05, 4.69) is 41.2 Å². The third-order valence-electron chi connectivity index (χ3n) is 12.7. The minimum absolute atomic E-state index is 0.00190. The molecule has 0 aromatic rings. The minimum atomic E-state index is -0.736. The van der Waals surface area contributed by atoms with E-state index in [1.807, 2.05) is 13.8 Å². The summed E-state index contributed by atoms with van der Waals surface area (Å²) in [5.41, 5.74) is 0.905. The van der Waals surface area contributed by atoms with Crippen LogP contribution in [-0.4, -0.2) is 33.1 Å². The zero-order chi connectivity index (χ0) is 24.6. The van der Waals surface area contributed by atoms with Crippen molar-refractivity contribution in [3.63, 3.8) is 0 Å². The monoisotopic (exact) mass is 460 g/mol. The summed E-state index contributed by atoms with van der Waals surface area (Å²) in [5, 5.41) is 32.8. The van der Waals surface area contributed by atoms with Crippen LogP contribution in [0, 0.1) is 45.3 Å². The van der Waals surface area contributed by atoms with Crippen molar-refractivity contribution in [3.05, 3.63) is 12.2 Å². The molecule has 0 aromatic heterocycles. The molecule has 0 aliphatic heterocycles. The molecule has 4 aliphatic rings. The van der Waals surface area contributed by atoms with Gasteiger partial charge in [0.2, 0.25) is 0 Å². The van der Waals surface area contributed by atoms with E-state index >= 15 is 0 Å². The molecule has 0 spiro atoms. The van der Waals surface area contributed by atoms with Crippen LogP contribution in [0.1, 0.15) is 113 Å². The van der Waals surface area contributed by atoms with E-state index in [9.17, 15) is 15.3 Å². The maximum absolute atomic E-state index is 11.6. The maximum Gasteiger partial charge on any atom is 0.0745 e. The molecule has 0 aromatic carbocycles. The van der Waals surface area contributed by atoms with Crippen molar-refractivity contribution in [2.24, 2.45) is 45.3 Å². The Hall–Kier alpha value is -0.380. The molecule has 33 heavy (non-hydrogen) atoms. The number of rotatable bonds is 5. The van der Waals surface area contributed by atoms with Crippen molar-refractivity contribution in [2.75, 3.05) is 0 Å². The number of aliphatic hydroxyl groups excluding tert-OH is 2. The third kappa shape index (κ3) is 3.61. The largest absolute Gasteiger partial charge is 0.393 e. The van der Waals surface area contributed by atoms with Crippen molar-refractivity contribution in [2.45, 2.75) is 130 Å². The first-order valence-corrected chi connectivity index (χ1v) is 13.8. The maximum atomic E-state index is 11.6. The smallest absolute Gasteiger partial charge is 0.0745 e. The van der Waals surface area contributed by atoms with Gasteiger partial charge in [0.25, 0.3) is 0 Å². The van der Waals surface area contributed by atoms with E-state index in [0.29, 0.717) is 47.3 Å². The van der Waals surface area contributed by atoms with Crippen molar-refractivity contribution in [1.82, 2.24) is 0 Å². The summed E-state index contributed by atoms with van der Waals surface area (Å²) in [7, 11) is 0. The van der Waals surface area contributed by atoms with E-state index in [1.54, 1.807) is 0 Å². The van der Waals surface area contributed by atoms with Crippen LogP contribution in [-0.2, 0) is 0 Å². The molecule has 0 amide bonds. The lowest BCUT2D eigenvalue weighted by atomic mass is 9.35. The molecule has 190 valence electrons. The van der Waals surface area contributed by atoms with Crippen LogP contribution < -0.4 is 0 Å². The lowest BCUT2D eigenvalue weighted by molar-refractivity contribution is -0.225. The fourth-order valence-corrected chi connectivity index (χ4v) is 10.3. The Morgan fingerprint density at radius 2 is 1.58 bits per heavy atom. The van der Waals surface area contributed by atoms with E-state index in [0.717, 1.165) is 24.8 Å². The summed E-state index contributed by atoms with van der Waals surface area (Å²) in [6, 6.07) is 0. The van der Waals surface area contributed by atoms with Crippen molar-refractivity contribution < 1.29 is 15.3 Å². The topological polar surface area (TPSA) is 60.7 Å². The fourth-order valence-electron chi connectivity index (χ4n) is 10.3. The number of hydrogen-bond donors (Lipinski definition) is 3. The van der Waals surface area contributed by atoms with Crippen LogP contribution in [0.25, 0.3) is 0 Å². The second kappa shape index (κ2) is 8.07. The molecule has 4 aliphatic carbocycles. The lowest BCUT2D eigenvalue weighted by Crippen LogP contribution is -2.64. The van der Waals surface area contributed by atoms with E-state index in [-0.39, 0.29) is 16.9 Å². The highest BCUT2D eigenvalue weighted by molar-refractivity contribution is 5.18. The zero-order valence-corrected chi connectivity index (χ0v) is 22.6. The van der Waals surface area contributed by atoms with Crippen LogP contribution in [0.2, 0.25) is 0 Å². The van der Waals surface area contributed by atoms with Gasteiger partial charge in [-0.1, -0.05) is 46.8 Å². The molecule has 0 bridgehead atoms. The molecule has 0 unspecified atom stereocenters. The normalized spacial score (nSPS) is 49.3. The molecule has 0 saturated heterocycles. The summed E-state index contributed by atoms with van der Waals surface area (Å²) in [6.07, 6.45) is 9.91. The molecular weight excluding hydrogens is 408 g/mol. The number of hydrogen-bond acceptors (Lipinski definition) is 3. The van der Waals surface area contributed by atoms with Crippen molar-refractivity contribution in [1.29, 1.82) is 0 Å². The molecule has 0 radical (unpaired) electrons. The summed E-state index contributed by atoms with van der Waals surface area (Å²) < 4.78 is 0. The van der Waals surface area contributed by atoms with Gasteiger partial charge in [-0.25, -0.2) is 0 Å². The van der Waals surface area contributed by atoms with Gasteiger partial charge in [0.15, 0.2) is 0 Å². The predicted octanol–water partition coefficient (Wildman–Crippen LogP) is 6.50. The van der Waals surface area contributed by atoms with Crippen LogP contribution in [0.5, 0.6) is 0 Å². The Labute approximate surface area is 203 Å². The average molecular weight is 461 g/mol. The molecule has 10 atom stereocenters. The van der Waals surface area contributed by atoms with Crippen LogP contribution in [0.4, 0.5) is 0 Å². The second-order valence-corrected chi connectivity index (χ2v) is 14.4. The molecule has 3 heteroatoms. The van der Waals surface area contributed by atoms with Crippen LogP contribution in [0.3, 0.4) is 0 Å². The highest BCUT2D eigenvalue weighted by Crippen LogP contribution is 2.75. The first-order valence-electron chi connectivity index (χ1n) is 13.8. The van der Waals surface area contributed by atoms with Gasteiger partial charge in [-0.2, -0.15) is 0 Å². The van der Waals surface area contributed by atoms with E-state index < -0.39 is 11.7 Å². The fraction of sp³-hybridized carbons (Fsp3) is 0.933. The Morgan fingerprint density at radius 1 is 0.939 bits per heavy atom. The minimum Gasteiger partial charge on any atom is -0.393 e. The average Bonchev–Trinajstić information content (AvgIpc) is 3.08. The molecule has 4 rings (SSSR count). The van der Waals surface area contributed by atoms with Crippen LogP contribution in [0.15, 0.2) is 12.2 Å². The van der Waals surface area contributed by atoms with Crippen LogP contribution >= 0.6 is 0 Å². The standard InChI is InChI=1S/C30H52O3/c1-19(2)22(31)12-18-30(8,33)21-11-16-28(6)20(21)9-10-24-27(5)15-14-25(32)26(3,4)23(27)13-17-29(24,28)7/h20-25,31-33H,1,9-18H2,2-8H3/t20-,21+,22+,23+,24-,25-,27+,28-,29-,30+/m1/s1.